The summed E-state index contributed by atoms with van der Waals surface area (Å²) in [6.45, 7) is -1.01. The molecule has 1 amide bonds. The number of rotatable bonds is 7. The van der Waals surface area contributed by atoms with Crippen LogP contribution in [0.25, 0.3) is 0 Å². The van der Waals surface area contributed by atoms with E-state index in [4.69, 9.17) is 14.6 Å². The molecule has 0 saturated carbocycles. The summed E-state index contributed by atoms with van der Waals surface area (Å²) in [6, 6.07) is 6.30. The minimum atomic E-state index is -5.31. The Morgan fingerprint density at radius 3 is 2.45 bits per heavy atom. The summed E-state index contributed by atoms with van der Waals surface area (Å²) in [5, 5.41) is 41.4. The maximum absolute atomic E-state index is 12.7. The van der Waals surface area contributed by atoms with Gasteiger partial charge in [0.15, 0.2) is 0 Å². The number of hydrogen-bond donors (Lipinski definition) is 5. The molecule has 0 aliphatic carbocycles. The molecule has 1 saturated heterocycles. The van der Waals surface area contributed by atoms with Gasteiger partial charge in [-0.2, -0.15) is 13.2 Å². The first-order chi connectivity index (χ1) is 14.4. The molecule has 9 nitrogen and oxygen atoms in total. The van der Waals surface area contributed by atoms with E-state index in [0.717, 1.165) is 18.9 Å². The third-order valence-corrected chi connectivity index (χ3v) is 5.84. The number of halogens is 3. The zero-order valence-corrected chi connectivity index (χ0v) is 17.0. The number of benzene rings is 1. The number of thioether (sulfide) groups is 1. The van der Waals surface area contributed by atoms with Crippen molar-refractivity contribution in [1.29, 1.82) is 0 Å². The molecule has 0 spiro atoms. The Hall–Kier alpha value is -1.90. The molecule has 31 heavy (non-hydrogen) atoms. The highest BCUT2D eigenvalue weighted by Gasteiger charge is 2.57. The first-order valence-electron chi connectivity index (χ1n) is 8.98. The van der Waals surface area contributed by atoms with Crippen LogP contribution < -0.4 is 5.32 Å². The van der Waals surface area contributed by atoms with Crippen molar-refractivity contribution in [3.05, 3.63) is 30.3 Å². The van der Waals surface area contributed by atoms with E-state index < -0.39 is 66.5 Å². The number of carbonyl (C=O) groups is 2. The largest absolute Gasteiger partial charge is 0.471 e. The van der Waals surface area contributed by atoms with Crippen LogP contribution in [-0.2, 0) is 19.1 Å². The number of hydrogen-bond acceptors (Lipinski definition) is 9. The van der Waals surface area contributed by atoms with Crippen molar-refractivity contribution in [3.63, 3.8) is 0 Å². The predicted octanol–water partition coefficient (Wildman–Crippen LogP) is -0.441. The van der Waals surface area contributed by atoms with Crippen molar-refractivity contribution in [3.8, 4) is 0 Å². The molecule has 6 atom stereocenters. The number of esters is 1. The summed E-state index contributed by atoms with van der Waals surface area (Å²) < 4.78 is 48.6. The van der Waals surface area contributed by atoms with Crippen molar-refractivity contribution < 1.29 is 52.7 Å². The smallest absolute Gasteiger partial charge is 0.466 e. The quantitative estimate of drug-likeness (QED) is 0.336. The molecular weight excluding hydrogens is 447 g/mol. The molecule has 1 aliphatic rings. The van der Waals surface area contributed by atoms with Gasteiger partial charge >= 0.3 is 18.1 Å². The van der Waals surface area contributed by atoms with Crippen LogP contribution in [0.1, 0.15) is 6.42 Å². The molecule has 0 bridgehead atoms. The molecule has 2 rings (SSSR count). The molecule has 1 fully saturated rings. The monoisotopic (exact) mass is 469 g/mol. The van der Waals surface area contributed by atoms with E-state index in [-0.39, 0.29) is 0 Å². The van der Waals surface area contributed by atoms with Crippen LogP contribution in [-0.4, -0.2) is 87.6 Å². The summed E-state index contributed by atoms with van der Waals surface area (Å²) >= 11 is 0.768. The first-order valence-corrected chi connectivity index (χ1v) is 9.80. The maximum atomic E-state index is 12.7. The summed E-state index contributed by atoms with van der Waals surface area (Å²) in [4.78, 5) is 22.5. The Bertz CT molecular complexity index is 768. The van der Waals surface area contributed by atoms with E-state index in [1.165, 1.54) is 5.32 Å². The molecule has 1 aromatic carbocycles. The molecule has 174 valence electrons. The van der Waals surface area contributed by atoms with E-state index >= 15 is 0 Å². The Morgan fingerprint density at radius 1 is 1.32 bits per heavy atom. The van der Waals surface area contributed by atoms with Crippen molar-refractivity contribution >= 4 is 23.6 Å². The van der Waals surface area contributed by atoms with Crippen LogP contribution in [0, 0.1) is 0 Å². The first kappa shape index (κ1) is 25.4. The highest BCUT2D eigenvalue weighted by molar-refractivity contribution is 8.01. The summed E-state index contributed by atoms with van der Waals surface area (Å²) in [5.74, 6) is -3.44. The second kappa shape index (κ2) is 10.1. The van der Waals surface area contributed by atoms with Crippen LogP contribution in [0.3, 0.4) is 0 Å². The third-order valence-electron chi connectivity index (χ3n) is 4.57. The molecule has 5 N–H and O–H groups in total. The Morgan fingerprint density at radius 2 is 1.94 bits per heavy atom. The van der Waals surface area contributed by atoms with E-state index in [2.05, 4.69) is 0 Å². The van der Waals surface area contributed by atoms with Gasteiger partial charge in [0.05, 0.1) is 25.9 Å². The van der Waals surface area contributed by atoms with Crippen LogP contribution in [0.5, 0.6) is 0 Å². The lowest BCUT2D eigenvalue weighted by Crippen LogP contribution is -2.67. The Balaban J connectivity index is 2.45. The van der Waals surface area contributed by atoms with Gasteiger partial charge in [0.1, 0.15) is 18.3 Å². The standard InChI is InChI=1S/C18H22F3NO8S/c1-29-16(28)17(31-9-5-3-2-4-6-9)7-10(24)12(22-15(27)18(19,20)21)14(30-17)13(26)11(25)8-23/h2-6,10-14,23-26H,7-8H2,1H3,(H,22,27)/t10-,11+,12+,13+,14+,17+/m0/s1. The van der Waals surface area contributed by atoms with Gasteiger partial charge in [-0.1, -0.05) is 30.0 Å². The van der Waals surface area contributed by atoms with Crippen LogP contribution in [0.4, 0.5) is 13.2 Å². The lowest BCUT2D eigenvalue weighted by Gasteiger charge is -2.47. The number of methoxy groups -OCH3 is 1. The molecule has 1 aromatic rings. The Kier molecular flexibility index (Phi) is 8.30. The van der Waals surface area contributed by atoms with Crippen LogP contribution in [0.2, 0.25) is 0 Å². The number of nitrogens with one attached hydrogen (secondary N) is 1. The van der Waals surface area contributed by atoms with Gasteiger partial charge in [-0.05, 0) is 12.1 Å². The third kappa shape index (κ3) is 5.87. The van der Waals surface area contributed by atoms with Crippen molar-refractivity contribution in [2.45, 2.75) is 52.9 Å². The summed E-state index contributed by atoms with van der Waals surface area (Å²) in [6.07, 6.45) is -13.6. The molecule has 1 heterocycles. The summed E-state index contributed by atoms with van der Waals surface area (Å²) in [5.41, 5.74) is 0. The lowest BCUT2D eigenvalue weighted by molar-refractivity contribution is -0.211. The van der Waals surface area contributed by atoms with Gasteiger partial charge in [-0.25, -0.2) is 4.79 Å². The van der Waals surface area contributed by atoms with Gasteiger partial charge in [0.25, 0.3) is 0 Å². The fraction of sp³-hybridized carbons (Fsp3) is 0.556. The fourth-order valence-electron chi connectivity index (χ4n) is 3.06. The van der Waals surface area contributed by atoms with E-state index in [1.54, 1.807) is 30.3 Å². The van der Waals surface area contributed by atoms with Crippen molar-refractivity contribution in [1.82, 2.24) is 5.32 Å². The van der Waals surface area contributed by atoms with E-state index in [9.17, 15) is 38.1 Å². The van der Waals surface area contributed by atoms with Gasteiger partial charge in [-0.15, -0.1) is 0 Å². The average molecular weight is 469 g/mol. The minimum absolute atomic E-state index is 0.467. The zero-order valence-electron chi connectivity index (χ0n) is 16.2. The van der Waals surface area contributed by atoms with Gasteiger partial charge in [-0.3, -0.25) is 4.79 Å². The minimum Gasteiger partial charge on any atom is -0.466 e. The van der Waals surface area contributed by atoms with Crippen LogP contribution >= 0.6 is 11.8 Å². The Labute approximate surface area is 179 Å². The maximum Gasteiger partial charge on any atom is 0.471 e. The highest BCUT2D eigenvalue weighted by atomic mass is 32.2. The number of amides is 1. The number of carbonyl (C=O) groups excluding carboxylic acids is 2. The SMILES string of the molecule is COC(=O)[C@]1(Sc2ccccc2)C[C@H](O)[C@@H](NC(=O)C(F)(F)F)[C@H]([C@H](O)[C@H](O)CO)O1. The topological polar surface area (TPSA) is 146 Å². The summed E-state index contributed by atoms with van der Waals surface area (Å²) in [7, 11) is 1.02. The molecule has 1 aliphatic heterocycles. The van der Waals surface area contributed by atoms with Gasteiger partial charge in [0.2, 0.25) is 4.93 Å². The molecule has 0 aromatic heterocycles. The van der Waals surface area contributed by atoms with Crippen LogP contribution in [0.15, 0.2) is 35.2 Å². The lowest BCUT2D eigenvalue weighted by atomic mass is 9.89. The second-order valence-electron chi connectivity index (χ2n) is 6.75. The van der Waals surface area contributed by atoms with Gasteiger partial charge < -0.3 is 35.2 Å². The van der Waals surface area contributed by atoms with Crippen molar-refractivity contribution in [2.24, 2.45) is 0 Å². The average Bonchev–Trinajstić information content (AvgIpc) is 2.73. The zero-order chi connectivity index (χ0) is 23.4. The van der Waals surface area contributed by atoms with Crippen molar-refractivity contribution in [2.75, 3.05) is 13.7 Å². The highest BCUT2D eigenvalue weighted by Crippen LogP contribution is 2.44. The normalized spacial score (nSPS) is 28.5. The fourth-order valence-corrected chi connectivity index (χ4v) is 4.31. The van der Waals surface area contributed by atoms with Gasteiger partial charge in [0, 0.05) is 11.3 Å². The van der Waals surface area contributed by atoms with E-state index in [0.29, 0.717) is 4.90 Å². The predicted molar refractivity (Wildman–Crippen MR) is 99.6 cm³/mol. The molecular formula is C18H22F3NO8S. The molecule has 0 radical (unpaired) electrons. The molecule has 13 heteroatoms. The number of aliphatic hydroxyl groups excluding tert-OH is 4. The molecule has 0 unspecified atom stereocenters. The second-order valence-corrected chi connectivity index (χ2v) is 8.09. The number of alkyl halides is 3. The number of ether oxygens (including phenoxy) is 2. The number of aliphatic hydroxyl groups is 4. The van der Waals surface area contributed by atoms with E-state index in [1.807, 2.05) is 0 Å².